The molecule has 0 aliphatic carbocycles. The molecule has 4 heteroatoms. The number of aromatic nitrogens is 1. The molecule has 1 aromatic heterocycles. The first-order chi connectivity index (χ1) is 8.19. The predicted molar refractivity (Wildman–Crippen MR) is 65.3 cm³/mol. The Labute approximate surface area is 104 Å². The first kappa shape index (κ1) is 11.9. The average molecular weight is 250 g/mol. The van der Waals surface area contributed by atoms with E-state index < -0.39 is 0 Å². The maximum Gasteiger partial charge on any atom is 0.199 e. The highest BCUT2D eigenvalue weighted by atomic mass is 35.5. The van der Waals surface area contributed by atoms with Crippen molar-refractivity contribution in [3.8, 4) is 0 Å². The number of nitrogens with zero attached hydrogens (tertiary/aromatic N) is 1. The summed E-state index contributed by atoms with van der Waals surface area (Å²) >= 11 is 5.81. The number of aldehydes is 1. The van der Waals surface area contributed by atoms with Gasteiger partial charge in [0.15, 0.2) is 5.89 Å². The number of carbonyl (C=O) groups is 1. The second-order valence-electron chi connectivity index (χ2n) is 3.78. The molecule has 88 valence electrons. The first-order valence-corrected chi connectivity index (χ1v) is 5.70. The number of halogens is 1. The predicted octanol–water partition coefficient (Wildman–Crippen LogP) is 2.97. The Morgan fingerprint density at radius 3 is 2.71 bits per heavy atom. The fourth-order valence-corrected chi connectivity index (χ4v) is 1.73. The van der Waals surface area contributed by atoms with Crippen LogP contribution in [0.5, 0.6) is 0 Å². The van der Waals surface area contributed by atoms with Crippen molar-refractivity contribution < 1.29 is 9.21 Å². The van der Waals surface area contributed by atoms with Crippen molar-refractivity contribution >= 4 is 17.9 Å². The van der Waals surface area contributed by atoms with Gasteiger partial charge in [-0.1, -0.05) is 23.7 Å². The van der Waals surface area contributed by atoms with Gasteiger partial charge >= 0.3 is 0 Å². The Hall–Kier alpha value is -1.61. The van der Waals surface area contributed by atoms with Crippen LogP contribution in [0.25, 0.3) is 0 Å². The molecule has 0 bridgehead atoms. The summed E-state index contributed by atoms with van der Waals surface area (Å²) in [5.74, 6) is 1.34. The quantitative estimate of drug-likeness (QED) is 0.783. The Balaban J connectivity index is 2.15. The molecule has 2 rings (SSSR count). The minimum absolute atomic E-state index is 0.302. The summed E-state index contributed by atoms with van der Waals surface area (Å²) in [6, 6.07) is 7.53. The maximum absolute atomic E-state index is 10.4. The zero-order valence-corrected chi connectivity index (χ0v) is 10.2. The van der Waals surface area contributed by atoms with Crippen LogP contribution in [0.4, 0.5) is 0 Å². The molecule has 0 aliphatic rings. The Morgan fingerprint density at radius 2 is 2.06 bits per heavy atom. The lowest BCUT2D eigenvalue weighted by Gasteiger charge is -1.96. The molecule has 0 unspecified atom stereocenters. The molecule has 0 fully saturated rings. The van der Waals surface area contributed by atoms with E-state index in [1.165, 1.54) is 0 Å². The molecule has 0 radical (unpaired) electrons. The molecular formula is C13H12ClNO2. The van der Waals surface area contributed by atoms with Gasteiger partial charge in [0.1, 0.15) is 12.0 Å². The molecule has 1 aromatic carbocycles. The van der Waals surface area contributed by atoms with Crippen LogP contribution >= 0.6 is 11.6 Å². The third kappa shape index (κ3) is 2.94. The highest BCUT2D eigenvalue weighted by molar-refractivity contribution is 6.30. The third-order valence-corrected chi connectivity index (χ3v) is 2.73. The molecule has 0 saturated heterocycles. The van der Waals surface area contributed by atoms with Gasteiger partial charge in [0.2, 0.25) is 0 Å². The Morgan fingerprint density at radius 1 is 1.35 bits per heavy atom. The van der Waals surface area contributed by atoms with E-state index in [-0.39, 0.29) is 0 Å². The summed E-state index contributed by atoms with van der Waals surface area (Å²) in [5, 5.41) is 0.707. The van der Waals surface area contributed by atoms with Crippen LogP contribution in [-0.4, -0.2) is 11.3 Å². The fourth-order valence-electron chi connectivity index (χ4n) is 1.61. The molecule has 0 aliphatic heterocycles. The number of benzene rings is 1. The zero-order valence-electron chi connectivity index (χ0n) is 9.44. The van der Waals surface area contributed by atoms with Crippen LogP contribution in [0.15, 0.2) is 28.7 Å². The minimum Gasteiger partial charge on any atom is -0.445 e. The van der Waals surface area contributed by atoms with E-state index in [9.17, 15) is 4.79 Å². The number of oxazole rings is 1. The van der Waals surface area contributed by atoms with Gasteiger partial charge in [-0.25, -0.2) is 4.98 Å². The average Bonchev–Trinajstić information content (AvgIpc) is 2.63. The van der Waals surface area contributed by atoms with E-state index in [0.717, 1.165) is 11.8 Å². The molecule has 1 heterocycles. The maximum atomic E-state index is 10.4. The molecule has 2 aromatic rings. The van der Waals surface area contributed by atoms with E-state index in [2.05, 4.69) is 4.98 Å². The molecule has 3 nitrogen and oxygen atoms in total. The summed E-state index contributed by atoms with van der Waals surface area (Å²) in [6.07, 6.45) is 1.74. The number of aryl methyl sites for hydroxylation is 1. The Bertz CT molecular complexity index is 517. The largest absolute Gasteiger partial charge is 0.445 e. The molecule has 0 N–H and O–H groups in total. The molecule has 0 spiro atoms. The van der Waals surface area contributed by atoms with E-state index in [0.29, 0.717) is 35.2 Å². The van der Waals surface area contributed by atoms with Gasteiger partial charge in [0, 0.05) is 17.9 Å². The fraction of sp³-hybridized carbons (Fsp3) is 0.231. The standard InChI is InChI=1S/C13H12ClNO2/c1-9-12(6-7-16)15-13(17-9)8-10-2-4-11(14)5-3-10/h2-5,7H,6,8H2,1H3. The smallest absolute Gasteiger partial charge is 0.199 e. The molecule has 0 atom stereocenters. The van der Waals surface area contributed by atoms with Crippen molar-refractivity contribution in [2.75, 3.05) is 0 Å². The van der Waals surface area contributed by atoms with Crippen molar-refractivity contribution in [1.82, 2.24) is 4.98 Å². The monoisotopic (exact) mass is 249 g/mol. The summed E-state index contributed by atoms with van der Waals surface area (Å²) in [6.45, 7) is 1.82. The second-order valence-corrected chi connectivity index (χ2v) is 4.22. The van der Waals surface area contributed by atoms with Crippen LogP contribution in [0, 0.1) is 6.92 Å². The molecule has 0 amide bonds. The normalized spacial score (nSPS) is 10.5. The summed E-state index contributed by atoms with van der Waals surface area (Å²) in [4.78, 5) is 14.7. The van der Waals surface area contributed by atoms with E-state index in [4.69, 9.17) is 16.0 Å². The minimum atomic E-state index is 0.302. The molecular weight excluding hydrogens is 238 g/mol. The summed E-state index contributed by atoms with van der Waals surface area (Å²) < 4.78 is 5.50. The second kappa shape index (κ2) is 5.15. The van der Waals surface area contributed by atoms with Crippen LogP contribution in [0.1, 0.15) is 22.9 Å². The van der Waals surface area contributed by atoms with Gasteiger partial charge in [0.25, 0.3) is 0 Å². The van der Waals surface area contributed by atoms with Gasteiger partial charge in [-0.15, -0.1) is 0 Å². The third-order valence-electron chi connectivity index (χ3n) is 2.48. The first-order valence-electron chi connectivity index (χ1n) is 5.32. The topological polar surface area (TPSA) is 43.1 Å². The van der Waals surface area contributed by atoms with Gasteiger partial charge < -0.3 is 9.21 Å². The number of rotatable bonds is 4. The van der Waals surface area contributed by atoms with Crippen molar-refractivity contribution in [3.63, 3.8) is 0 Å². The lowest BCUT2D eigenvalue weighted by molar-refractivity contribution is -0.107. The highest BCUT2D eigenvalue weighted by Gasteiger charge is 2.09. The van der Waals surface area contributed by atoms with Crippen molar-refractivity contribution in [2.24, 2.45) is 0 Å². The lowest BCUT2D eigenvalue weighted by Crippen LogP contribution is -1.91. The van der Waals surface area contributed by atoms with E-state index in [1.807, 2.05) is 31.2 Å². The van der Waals surface area contributed by atoms with Gasteiger partial charge in [-0.2, -0.15) is 0 Å². The van der Waals surface area contributed by atoms with Crippen molar-refractivity contribution in [1.29, 1.82) is 0 Å². The number of hydrogen-bond donors (Lipinski definition) is 0. The van der Waals surface area contributed by atoms with Gasteiger partial charge in [0.05, 0.1) is 5.69 Å². The number of carbonyl (C=O) groups excluding carboxylic acids is 1. The number of hydrogen-bond acceptors (Lipinski definition) is 3. The summed E-state index contributed by atoms with van der Waals surface area (Å²) in [5.41, 5.74) is 1.79. The SMILES string of the molecule is Cc1oc(Cc2ccc(Cl)cc2)nc1CC=O. The van der Waals surface area contributed by atoms with Crippen LogP contribution < -0.4 is 0 Å². The van der Waals surface area contributed by atoms with Crippen LogP contribution in [-0.2, 0) is 17.6 Å². The van der Waals surface area contributed by atoms with Crippen LogP contribution in [0.2, 0.25) is 5.02 Å². The van der Waals surface area contributed by atoms with Crippen LogP contribution in [0.3, 0.4) is 0 Å². The Kier molecular flexibility index (Phi) is 3.59. The van der Waals surface area contributed by atoms with Gasteiger partial charge in [-0.3, -0.25) is 0 Å². The highest BCUT2D eigenvalue weighted by Crippen LogP contribution is 2.16. The molecule has 17 heavy (non-hydrogen) atoms. The van der Waals surface area contributed by atoms with Crippen molar-refractivity contribution in [2.45, 2.75) is 19.8 Å². The van der Waals surface area contributed by atoms with E-state index >= 15 is 0 Å². The van der Waals surface area contributed by atoms with E-state index in [1.54, 1.807) is 0 Å². The van der Waals surface area contributed by atoms with Gasteiger partial charge in [-0.05, 0) is 24.6 Å². The zero-order chi connectivity index (χ0) is 12.3. The van der Waals surface area contributed by atoms with Crippen molar-refractivity contribution in [3.05, 3.63) is 52.2 Å². The molecule has 0 saturated carbocycles. The lowest BCUT2D eigenvalue weighted by atomic mass is 10.1. The summed E-state index contributed by atoms with van der Waals surface area (Å²) in [7, 11) is 0.